The van der Waals surface area contributed by atoms with E-state index in [1.807, 2.05) is 0 Å². The van der Waals surface area contributed by atoms with Crippen molar-refractivity contribution in [3.05, 3.63) is 33.6 Å². The molecule has 21 heavy (non-hydrogen) atoms. The minimum absolute atomic E-state index is 0.0588. The molecule has 0 aliphatic carbocycles. The predicted molar refractivity (Wildman–Crippen MR) is 73.2 cm³/mol. The average Bonchev–Trinajstić information content (AvgIpc) is 2.46. The molecule has 0 spiro atoms. The summed E-state index contributed by atoms with van der Waals surface area (Å²) in [6, 6.07) is 1.81. The van der Waals surface area contributed by atoms with Crippen LogP contribution in [-0.4, -0.2) is 40.5 Å². The van der Waals surface area contributed by atoms with Gasteiger partial charge in [0.25, 0.3) is 11.6 Å². The number of benzene rings is 1. The Kier molecular flexibility index (Phi) is 4.37. The van der Waals surface area contributed by atoms with Crippen LogP contribution in [-0.2, 0) is 0 Å². The average molecular weight is 297 g/mol. The van der Waals surface area contributed by atoms with Crippen molar-refractivity contribution >= 4 is 17.3 Å². The molecule has 0 aromatic heterocycles. The molecular weight excluding hydrogens is 281 g/mol. The summed E-state index contributed by atoms with van der Waals surface area (Å²) in [4.78, 5) is 23.8. The summed E-state index contributed by atoms with van der Waals surface area (Å²) in [5.41, 5.74) is 4.16. The van der Waals surface area contributed by atoms with E-state index in [0.29, 0.717) is 13.0 Å². The minimum Gasteiger partial charge on any atom is -0.396 e. The molecule has 1 aliphatic rings. The Hall–Kier alpha value is -2.22. The highest BCUT2D eigenvalue weighted by Gasteiger charge is 2.30. The molecule has 1 saturated heterocycles. The van der Waals surface area contributed by atoms with Gasteiger partial charge in [0.1, 0.15) is 17.1 Å². The molecule has 8 heteroatoms. The largest absolute Gasteiger partial charge is 0.396 e. The van der Waals surface area contributed by atoms with Gasteiger partial charge in [0.05, 0.1) is 4.92 Å². The summed E-state index contributed by atoms with van der Waals surface area (Å²) >= 11 is 0. The molecular formula is C13H16FN3O4. The number of anilines is 1. The molecule has 1 atom stereocenters. The summed E-state index contributed by atoms with van der Waals surface area (Å²) < 4.78 is 13.9. The van der Waals surface area contributed by atoms with Gasteiger partial charge in [0.15, 0.2) is 0 Å². The molecule has 1 aromatic rings. The first-order valence-electron chi connectivity index (χ1n) is 6.58. The van der Waals surface area contributed by atoms with E-state index in [-0.39, 0.29) is 19.1 Å². The Morgan fingerprint density at radius 3 is 2.90 bits per heavy atom. The third-order valence-electron chi connectivity index (χ3n) is 3.65. The van der Waals surface area contributed by atoms with E-state index in [0.717, 1.165) is 18.6 Å². The number of nitrogen functional groups attached to an aromatic ring is 1. The van der Waals surface area contributed by atoms with Crippen molar-refractivity contribution in [2.24, 2.45) is 5.92 Å². The highest BCUT2D eigenvalue weighted by Crippen LogP contribution is 2.29. The first-order chi connectivity index (χ1) is 9.95. The van der Waals surface area contributed by atoms with Gasteiger partial charge < -0.3 is 15.7 Å². The third kappa shape index (κ3) is 2.94. The fourth-order valence-electron chi connectivity index (χ4n) is 2.52. The Balaban J connectivity index is 2.34. The van der Waals surface area contributed by atoms with E-state index in [4.69, 9.17) is 10.8 Å². The van der Waals surface area contributed by atoms with E-state index in [1.54, 1.807) is 0 Å². The first kappa shape index (κ1) is 15.2. The van der Waals surface area contributed by atoms with Crippen LogP contribution in [0.25, 0.3) is 0 Å². The van der Waals surface area contributed by atoms with Crippen molar-refractivity contribution in [1.82, 2.24) is 4.90 Å². The second-order valence-corrected chi connectivity index (χ2v) is 5.05. The van der Waals surface area contributed by atoms with E-state index in [2.05, 4.69) is 0 Å². The smallest absolute Gasteiger partial charge is 0.293 e. The van der Waals surface area contributed by atoms with Crippen molar-refractivity contribution in [3.63, 3.8) is 0 Å². The monoisotopic (exact) mass is 297 g/mol. The Bertz CT molecular complexity index is 579. The van der Waals surface area contributed by atoms with Crippen molar-refractivity contribution in [3.8, 4) is 0 Å². The van der Waals surface area contributed by atoms with Gasteiger partial charge in [0.2, 0.25) is 0 Å². The number of aliphatic hydroxyl groups excluding tert-OH is 1. The third-order valence-corrected chi connectivity index (χ3v) is 3.65. The standard InChI is InChI=1S/C13H16FN3O4/c14-9-3-4-10(17(20)21)12(15)11(9)13(19)16-5-1-2-8(6-16)7-18/h3-4,8,18H,1-2,5-7,15H2. The summed E-state index contributed by atoms with van der Waals surface area (Å²) in [5.74, 6) is -1.62. The number of halogens is 1. The molecule has 1 heterocycles. The maximum absolute atomic E-state index is 13.9. The predicted octanol–water partition coefficient (Wildman–Crippen LogP) is 1.16. The zero-order chi connectivity index (χ0) is 15.6. The van der Waals surface area contributed by atoms with Gasteiger partial charge in [-0.25, -0.2) is 4.39 Å². The van der Waals surface area contributed by atoms with Gasteiger partial charge in [-0.3, -0.25) is 14.9 Å². The Morgan fingerprint density at radius 1 is 1.57 bits per heavy atom. The van der Waals surface area contributed by atoms with Crippen LogP contribution in [0.15, 0.2) is 12.1 Å². The SMILES string of the molecule is Nc1c([N+](=O)[O-])ccc(F)c1C(=O)N1CCCC(CO)C1. The molecule has 1 fully saturated rings. The van der Waals surface area contributed by atoms with E-state index in [9.17, 15) is 19.3 Å². The lowest BCUT2D eigenvalue weighted by atomic mass is 9.98. The molecule has 1 amide bonds. The minimum atomic E-state index is -0.880. The normalized spacial score (nSPS) is 18.6. The number of nitro groups is 1. The lowest BCUT2D eigenvalue weighted by molar-refractivity contribution is -0.384. The van der Waals surface area contributed by atoms with Crippen molar-refractivity contribution in [1.29, 1.82) is 0 Å². The van der Waals surface area contributed by atoms with Crippen LogP contribution in [0.1, 0.15) is 23.2 Å². The second-order valence-electron chi connectivity index (χ2n) is 5.05. The van der Waals surface area contributed by atoms with E-state index >= 15 is 0 Å². The fourth-order valence-corrected chi connectivity index (χ4v) is 2.52. The van der Waals surface area contributed by atoms with Crippen molar-refractivity contribution < 1.29 is 19.2 Å². The van der Waals surface area contributed by atoms with Gasteiger partial charge in [-0.2, -0.15) is 0 Å². The van der Waals surface area contributed by atoms with Crippen molar-refractivity contribution in [2.75, 3.05) is 25.4 Å². The topological polar surface area (TPSA) is 110 Å². The second kappa shape index (κ2) is 6.04. The zero-order valence-electron chi connectivity index (χ0n) is 11.3. The van der Waals surface area contributed by atoms with Crippen LogP contribution in [0, 0.1) is 21.8 Å². The summed E-state index contributed by atoms with van der Waals surface area (Å²) in [5, 5.41) is 20.0. The van der Waals surface area contributed by atoms with Crippen LogP contribution in [0.3, 0.4) is 0 Å². The van der Waals surface area contributed by atoms with Gasteiger partial charge in [0, 0.05) is 25.8 Å². The number of nitrogens with zero attached hydrogens (tertiary/aromatic N) is 2. The summed E-state index contributed by atoms with van der Waals surface area (Å²) in [7, 11) is 0. The van der Waals surface area contributed by atoms with Gasteiger partial charge in [-0.15, -0.1) is 0 Å². The Labute approximate surface area is 120 Å². The number of rotatable bonds is 3. The number of nitro benzene ring substituents is 1. The number of carbonyl (C=O) groups excluding carboxylic acids is 1. The number of carbonyl (C=O) groups is 1. The van der Waals surface area contributed by atoms with Crippen LogP contribution < -0.4 is 5.73 Å². The number of hydrogen-bond donors (Lipinski definition) is 2. The molecule has 0 bridgehead atoms. The first-order valence-corrected chi connectivity index (χ1v) is 6.58. The molecule has 1 aliphatic heterocycles. The number of piperidine rings is 1. The molecule has 1 aromatic carbocycles. The number of amides is 1. The highest BCUT2D eigenvalue weighted by molar-refractivity contribution is 6.01. The number of nitrogens with two attached hydrogens (primary N) is 1. The molecule has 114 valence electrons. The van der Waals surface area contributed by atoms with Crippen LogP contribution in [0.5, 0.6) is 0 Å². The lowest BCUT2D eigenvalue weighted by Crippen LogP contribution is -2.41. The maximum Gasteiger partial charge on any atom is 0.293 e. The quantitative estimate of drug-likeness (QED) is 0.494. The van der Waals surface area contributed by atoms with E-state index < -0.39 is 33.6 Å². The van der Waals surface area contributed by atoms with Gasteiger partial charge in [-0.05, 0) is 24.8 Å². The van der Waals surface area contributed by atoms with Crippen LogP contribution in [0.2, 0.25) is 0 Å². The number of likely N-dealkylation sites (tertiary alicyclic amines) is 1. The molecule has 0 saturated carbocycles. The van der Waals surface area contributed by atoms with Crippen LogP contribution >= 0.6 is 0 Å². The van der Waals surface area contributed by atoms with Crippen LogP contribution in [0.4, 0.5) is 15.8 Å². The number of hydrogen-bond acceptors (Lipinski definition) is 5. The summed E-state index contributed by atoms with van der Waals surface area (Å²) in [6.45, 7) is 0.643. The fraction of sp³-hybridized carbons (Fsp3) is 0.462. The van der Waals surface area contributed by atoms with E-state index in [1.165, 1.54) is 4.90 Å². The van der Waals surface area contributed by atoms with Crippen molar-refractivity contribution in [2.45, 2.75) is 12.8 Å². The number of aliphatic hydroxyl groups is 1. The molecule has 1 unspecified atom stereocenters. The summed E-state index contributed by atoms with van der Waals surface area (Å²) in [6.07, 6.45) is 1.47. The zero-order valence-corrected chi connectivity index (χ0v) is 11.3. The lowest BCUT2D eigenvalue weighted by Gasteiger charge is -2.32. The molecule has 2 rings (SSSR count). The van der Waals surface area contributed by atoms with Gasteiger partial charge in [-0.1, -0.05) is 0 Å². The maximum atomic E-state index is 13.9. The Morgan fingerprint density at radius 2 is 2.29 bits per heavy atom. The molecule has 7 nitrogen and oxygen atoms in total. The molecule has 3 N–H and O–H groups in total. The highest BCUT2D eigenvalue weighted by atomic mass is 19.1. The van der Waals surface area contributed by atoms with Gasteiger partial charge >= 0.3 is 0 Å². The molecule has 0 radical (unpaired) electrons.